The minimum absolute atomic E-state index is 0.0961. The minimum atomic E-state index is -4.38. The topological polar surface area (TPSA) is 9.23 Å². The van der Waals surface area contributed by atoms with Gasteiger partial charge in [0.05, 0.1) is 12.4 Å². The lowest BCUT2D eigenvalue weighted by Gasteiger charge is -2.13. The lowest BCUT2D eigenvalue weighted by molar-refractivity contribution is -0.0878. The van der Waals surface area contributed by atoms with Crippen molar-refractivity contribution in [1.29, 1.82) is 0 Å². The van der Waals surface area contributed by atoms with Crippen LogP contribution in [-0.4, -0.2) is 12.8 Å². The molecule has 0 aliphatic heterocycles. The van der Waals surface area contributed by atoms with Gasteiger partial charge in [0.25, 0.3) is 0 Å². The zero-order chi connectivity index (χ0) is 13.6. The SMILES string of the molecule is C=C(/C=C\C(=C(/C)OCC)C(C)C)C(F)(F)F. The van der Waals surface area contributed by atoms with Crippen LogP contribution in [0, 0.1) is 5.92 Å². The molecule has 0 aromatic carbocycles. The predicted octanol–water partition coefficient (Wildman–Crippen LogP) is 4.63. The molecule has 0 saturated heterocycles. The van der Waals surface area contributed by atoms with Gasteiger partial charge in [-0.05, 0) is 25.3 Å². The molecule has 0 unspecified atom stereocenters. The number of ether oxygens (including phenoxy) is 1. The third-order valence-electron chi connectivity index (χ3n) is 2.22. The van der Waals surface area contributed by atoms with Gasteiger partial charge in [0.1, 0.15) is 0 Å². The highest BCUT2D eigenvalue weighted by molar-refractivity contribution is 5.31. The Labute approximate surface area is 101 Å². The summed E-state index contributed by atoms with van der Waals surface area (Å²) in [4.78, 5) is 0. The second-order valence-corrected chi connectivity index (χ2v) is 3.96. The van der Waals surface area contributed by atoms with E-state index in [1.165, 1.54) is 6.08 Å². The van der Waals surface area contributed by atoms with Crippen molar-refractivity contribution in [2.45, 2.75) is 33.9 Å². The standard InChI is InChI=1S/C13H19F3O/c1-6-17-11(5)12(9(2)3)8-7-10(4)13(14,15)16/h7-9H,4,6H2,1-3,5H3/b8-7-,12-11-. The Morgan fingerprint density at radius 1 is 1.29 bits per heavy atom. The molecular formula is C13H19F3O. The summed E-state index contributed by atoms with van der Waals surface area (Å²) in [6, 6.07) is 0. The lowest BCUT2D eigenvalue weighted by Crippen LogP contribution is -2.08. The molecule has 0 rings (SSSR count). The van der Waals surface area contributed by atoms with Crippen LogP contribution in [-0.2, 0) is 4.74 Å². The van der Waals surface area contributed by atoms with E-state index in [-0.39, 0.29) is 5.92 Å². The molecule has 17 heavy (non-hydrogen) atoms. The molecule has 0 atom stereocenters. The van der Waals surface area contributed by atoms with Gasteiger partial charge in [-0.1, -0.05) is 32.6 Å². The van der Waals surface area contributed by atoms with Crippen molar-refractivity contribution < 1.29 is 17.9 Å². The van der Waals surface area contributed by atoms with Gasteiger partial charge in [-0.15, -0.1) is 0 Å². The first-order chi connectivity index (χ1) is 7.70. The normalized spacial score (nSPS) is 14.1. The summed E-state index contributed by atoms with van der Waals surface area (Å²) in [7, 11) is 0. The predicted molar refractivity (Wildman–Crippen MR) is 63.5 cm³/mol. The van der Waals surface area contributed by atoms with Crippen molar-refractivity contribution in [3.05, 3.63) is 35.6 Å². The molecule has 0 amide bonds. The number of halogens is 3. The number of hydrogen-bond donors (Lipinski definition) is 0. The Balaban J connectivity index is 4.97. The van der Waals surface area contributed by atoms with Crippen molar-refractivity contribution in [1.82, 2.24) is 0 Å². The minimum Gasteiger partial charge on any atom is -0.498 e. The van der Waals surface area contributed by atoms with Crippen LogP contribution < -0.4 is 0 Å². The van der Waals surface area contributed by atoms with Gasteiger partial charge >= 0.3 is 6.18 Å². The number of alkyl halides is 3. The summed E-state index contributed by atoms with van der Waals surface area (Å²) >= 11 is 0. The zero-order valence-electron chi connectivity index (χ0n) is 10.7. The molecule has 0 aromatic rings. The van der Waals surface area contributed by atoms with Gasteiger partial charge in [-0.2, -0.15) is 13.2 Å². The van der Waals surface area contributed by atoms with Gasteiger partial charge in [0.2, 0.25) is 0 Å². The molecule has 0 fully saturated rings. The third-order valence-corrected chi connectivity index (χ3v) is 2.22. The highest BCUT2D eigenvalue weighted by Crippen LogP contribution is 2.26. The molecule has 98 valence electrons. The quantitative estimate of drug-likeness (QED) is 0.509. The molecular weight excluding hydrogens is 229 g/mol. The third kappa shape index (κ3) is 5.61. The van der Waals surface area contributed by atoms with Crippen LogP contribution in [0.1, 0.15) is 27.7 Å². The van der Waals surface area contributed by atoms with Crippen LogP contribution in [0.15, 0.2) is 35.6 Å². The maximum absolute atomic E-state index is 12.3. The van der Waals surface area contributed by atoms with Crippen molar-refractivity contribution in [2.75, 3.05) is 6.61 Å². The average molecular weight is 248 g/mol. The summed E-state index contributed by atoms with van der Waals surface area (Å²) < 4.78 is 42.1. The van der Waals surface area contributed by atoms with E-state index in [9.17, 15) is 13.2 Å². The van der Waals surface area contributed by atoms with E-state index < -0.39 is 11.7 Å². The Kier molecular flexibility index (Phi) is 6.07. The summed E-state index contributed by atoms with van der Waals surface area (Å²) in [5.41, 5.74) is -0.114. The molecule has 0 radical (unpaired) electrons. The van der Waals surface area contributed by atoms with Crippen LogP contribution in [0.3, 0.4) is 0 Å². The average Bonchev–Trinajstić information content (AvgIpc) is 2.16. The number of allylic oxidation sites excluding steroid dienone is 5. The van der Waals surface area contributed by atoms with Gasteiger partial charge in [0, 0.05) is 5.57 Å². The smallest absolute Gasteiger partial charge is 0.415 e. The monoisotopic (exact) mass is 248 g/mol. The molecule has 0 bridgehead atoms. The lowest BCUT2D eigenvalue weighted by atomic mass is 10.0. The van der Waals surface area contributed by atoms with Crippen LogP contribution >= 0.6 is 0 Å². The number of rotatable bonds is 5. The Morgan fingerprint density at radius 2 is 1.82 bits per heavy atom. The Morgan fingerprint density at radius 3 is 2.18 bits per heavy atom. The molecule has 1 nitrogen and oxygen atoms in total. The highest BCUT2D eigenvalue weighted by atomic mass is 19.4. The van der Waals surface area contributed by atoms with E-state index in [2.05, 4.69) is 6.58 Å². The molecule has 0 saturated carbocycles. The van der Waals surface area contributed by atoms with E-state index in [0.29, 0.717) is 12.4 Å². The van der Waals surface area contributed by atoms with Crippen LogP contribution in [0.5, 0.6) is 0 Å². The van der Waals surface area contributed by atoms with E-state index in [1.807, 2.05) is 20.8 Å². The summed E-state index contributed by atoms with van der Waals surface area (Å²) in [6.07, 6.45) is -1.97. The maximum atomic E-state index is 12.3. The first kappa shape index (κ1) is 15.8. The molecule has 0 aliphatic carbocycles. The fourth-order valence-corrected chi connectivity index (χ4v) is 1.30. The summed E-state index contributed by atoms with van der Waals surface area (Å²) in [5, 5.41) is 0. The van der Waals surface area contributed by atoms with Crippen molar-refractivity contribution in [3.8, 4) is 0 Å². The first-order valence-electron chi connectivity index (χ1n) is 5.47. The fraction of sp³-hybridized carbons (Fsp3) is 0.538. The zero-order valence-corrected chi connectivity index (χ0v) is 10.7. The summed E-state index contributed by atoms with van der Waals surface area (Å²) in [6.45, 7) is 10.9. The van der Waals surface area contributed by atoms with Crippen molar-refractivity contribution in [2.24, 2.45) is 5.92 Å². The Bertz CT molecular complexity index is 322. The van der Waals surface area contributed by atoms with E-state index >= 15 is 0 Å². The molecule has 0 aliphatic rings. The van der Waals surface area contributed by atoms with Crippen molar-refractivity contribution >= 4 is 0 Å². The summed E-state index contributed by atoms with van der Waals surface area (Å²) in [5.74, 6) is 0.743. The molecule has 0 spiro atoms. The highest BCUT2D eigenvalue weighted by Gasteiger charge is 2.29. The fourth-order valence-electron chi connectivity index (χ4n) is 1.30. The maximum Gasteiger partial charge on any atom is 0.415 e. The number of hydrogen-bond acceptors (Lipinski definition) is 1. The largest absolute Gasteiger partial charge is 0.498 e. The van der Waals surface area contributed by atoms with Gasteiger partial charge in [0.15, 0.2) is 0 Å². The van der Waals surface area contributed by atoms with Gasteiger partial charge in [-0.25, -0.2) is 0 Å². The Hall–Kier alpha value is -1.19. The molecule has 4 heteroatoms. The van der Waals surface area contributed by atoms with Crippen LogP contribution in [0.25, 0.3) is 0 Å². The first-order valence-corrected chi connectivity index (χ1v) is 5.47. The second-order valence-electron chi connectivity index (χ2n) is 3.96. The second kappa shape index (κ2) is 6.52. The molecule has 0 aromatic heterocycles. The molecule has 0 N–H and O–H groups in total. The van der Waals surface area contributed by atoms with Gasteiger partial charge in [-0.3, -0.25) is 0 Å². The van der Waals surface area contributed by atoms with E-state index in [4.69, 9.17) is 4.74 Å². The molecule has 0 heterocycles. The van der Waals surface area contributed by atoms with Gasteiger partial charge < -0.3 is 4.74 Å². The van der Waals surface area contributed by atoms with Crippen LogP contribution in [0.4, 0.5) is 13.2 Å². The van der Waals surface area contributed by atoms with Crippen molar-refractivity contribution in [3.63, 3.8) is 0 Å². The van der Waals surface area contributed by atoms with E-state index in [0.717, 1.165) is 11.6 Å². The van der Waals surface area contributed by atoms with Crippen LogP contribution in [0.2, 0.25) is 0 Å². The van der Waals surface area contributed by atoms with E-state index in [1.54, 1.807) is 6.92 Å².